The average Bonchev–Trinajstić information content (AvgIpc) is 3.08. The van der Waals surface area contributed by atoms with Gasteiger partial charge in [-0.05, 0) is 55.4 Å². The first-order valence-corrected chi connectivity index (χ1v) is 16.6. The first-order valence-electron chi connectivity index (χ1n) is 13.8. The first-order chi connectivity index (χ1) is 20.3. The predicted molar refractivity (Wildman–Crippen MR) is 164 cm³/mol. The quantitative estimate of drug-likeness (QED) is 0.269. The number of methoxy groups -OCH3 is 1. The van der Waals surface area contributed by atoms with Gasteiger partial charge in [0.2, 0.25) is 5.95 Å². The third kappa shape index (κ3) is 7.77. The Labute approximate surface area is 260 Å². The third-order valence-corrected chi connectivity index (χ3v) is 7.89. The van der Waals surface area contributed by atoms with Crippen LogP contribution in [0, 0.1) is 13.8 Å². The third-order valence-electron chi connectivity index (χ3n) is 6.16. The van der Waals surface area contributed by atoms with E-state index in [0.29, 0.717) is 38.1 Å². The van der Waals surface area contributed by atoms with E-state index >= 15 is 0 Å². The van der Waals surface area contributed by atoms with Gasteiger partial charge in [0.15, 0.2) is 5.65 Å². The molecule has 4 rings (SSSR count). The van der Waals surface area contributed by atoms with E-state index in [1.165, 1.54) is 11.8 Å². The molecule has 240 valence electrons. The maximum absolute atomic E-state index is 13.4. The lowest BCUT2D eigenvalue weighted by Crippen LogP contribution is -2.44. The number of hydrogen-bond acceptors (Lipinski definition) is 13. The van der Waals surface area contributed by atoms with Gasteiger partial charge in [-0.2, -0.15) is 18.5 Å². The number of amides is 2. The van der Waals surface area contributed by atoms with E-state index in [1.807, 2.05) is 13.8 Å². The van der Waals surface area contributed by atoms with Gasteiger partial charge in [-0.25, -0.2) is 19.3 Å². The number of pyridine rings is 1. The Hall–Kier alpha value is -3.50. The summed E-state index contributed by atoms with van der Waals surface area (Å²) >= 11 is 1.20. The topological polar surface area (TPSA) is 165 Å². The van der Waals surface area contributed by atoms with Crippen molar-refractivity contribution in [2.75, 3.05) is 24.0 Å². The number of carbonyl (C=O) groups is 2. The van der Waals surface area contributed by atoms with Crippen LogP contribution in [0.15, 0.2) is 11.2 Å². The average molecular weight is 651 g/mol. The van der Waals surface area contributed by atoms with Crippen LogP contribution in [0.4, 0.5) is 15.5 Å². The van der Waals surface area contributed by atoms with E-state index < -0.39 is 39.6 Å². The van der Waals surface area contributed by atoms with Crippen molar-refractivity contribution < 1.29 is 36.4 Å². The van der Waals surface area contributed by atoms with E-state index in [0.717, 1.165) is 17.4 Å². The SMILES string of the molecule is COc1c(C)cnc(Cn2nc3c4c(nc(N(C(=O)OC(C)(C)C)C(=O)OC(C)(C)C)nc42)SCC(OS(C)(=O)=O)C3)c1C. The standard InChI is InChI=1S/C28H38N6O8S2/c1-15-12-29-19(16(2)21(15)39-9)13-33-22-20-18(32-33)11-17(42-44(10,37)38)14-43-23(20)31-24(30-22)34(25(35)40-27(3,4)5)26(36)41-28(6,7)8/h12,17H,11,13-14H2,1-10H3. The molecule has 3 aromatic rings. The normalized spacial score (nSPS) is 15.5. The minimum atomic E-state index is -3.77. The molecule has 4 heterocycles. The van der Waals surface area contributed by atoms with Gasteiger partial charge in [-0.15, -0.1) is 16.7 Å². The molecule has 0 N–H and O–H groups in total. The molecule has 0 bridgehead atoms. The minimum absolute atomic E-state index is 0.149. The number of ether oxygens (including phenoxy) is 3. The zero-order valence-electron chi connectivity index (χ0n) is 26.5. The summed E-state index contributed by atoms with van der Waals surface area (Å²) in [6, 6.07) is 0. The van der Waals surface area contributed by atoms with Crippen LogP contribution in [-0.4, -0.2) is 81.8 Å². The smallest absolute Gasteiger partial charge is 0.427 e. The van der Waals surface area contributed by atoms with E-state index in [9.17, 15) is 18.0 Å². The lowest BCUT2D eigenvalue weighted by atomic mass is 10.1. The second-order valence-electron chi connectivity index (χ2n) is 12.4. The number of rotatable bonds is 6. The second-order valence-corrected chi connectivity index (χ2v) is 15.0. The number of carbonyl (C=O) groups excluding carboxylic acids is 2. The molecule has 1 aliphatic heterocycles. The number of thioether (sulfide) groups is 1. The van der Waals surface area contributed by atoms with Crippen LogP contribution in [-0.2, 0) is 36.7 Å². The van der Waals surface area contributed by atoms with Gasteiger partial charge in [-0.3, -0.25) is 9.17 Å². The van der Waals surface area contributed by atoms with Crippen molar-refractivity contribution in [1.82, 2.24) is 24.7 Å². The highest BCUT2D eigenvalue weighted by molar-refractivity contribution is 7.99. The molecule has 14 nitrogen and oxygen atoms in total. The summed E-state index contributed by atoms with van der Waals surface area (Å²) in [5, 5.41) is 5.71. The molecule has 0 aromatic carbocycles. The van der Waals surface area contributed by atoms with Crippen LogP contribution < -0.4 is 9.64 Å². The Morgan fingerprint density at radius 1 is 1.07 bits per heavy atom. The van der Waals surface area contributed by atoms with Crippen LogP contribution in [0.2, 0.25) is 0 Å². The highest BCUT2D eigenvalue weighted by Gasteiger charge is 2.37. The molecular formula is C28H38N6O8S2. The predicted octanol–water partition coefficient (Wildman–Crippen LogP) is 4.56. The number of aryl methyl sites for hydroxylation is 1. The number of anilines is 1. The molecule has 1 unspecified atom stereocenters. The largest absolute Gasteiger partial charge is 0.496 e. The number of aromatic nitrogens is 5. The zero-order valence-corrected chi connectivity index (χ0v) is 28.2. The molecule has 44 heavy (non-hydrogen) atoms. The van der Waals surface area contributed by atoms with Gasteiger partial charge in [0.25, 0.3) is 10.1 Å². The maximum atomic E-state index is 13.4. The summed E-state index contributed by atoms with van der Waals surface area (Å²) in [5.41, 5.74) is 1.22. The fourth-order valence-corrected chi connectivity index (χ4v) is 6.28. The minimum Gasteiger partial charge on any atom is -0.496 e. The van der Waals surface area contributed by atoms with E-state index in [2.05, 4.69) is 15.0 Å². The lowest BCUT2D eigenvalue weighted by molar-refractivity contribution is 0.0427. The Bertz CT molecular complexity index is 1680. The number of nitrogens with zero attached hydrogens (tertiary/aromatic N) is 6. The van der Waals surface area contributed by atoms with Gasteiger partial charge >= 0.3 is 12.2 Å². The molecular weight excluding hydrogens is 612 g/mol. The van der Waals surface area contributed by atoms with Gasteiger partial charge in [0.05, 0.1) is 42.8 Å². The molecule has 0 aliphatic carbocycles. The van der Waals surface area contributed by atoms with Crippen molar-refractivity contribution in [1.29, 1.82) is 0 Å². The fraction of sp³-hybridized carbons (Fsp3) is 0.571. The molecule has 0 saturated heterocycles. The molecule has 16 heteroatoms. The van der Waals surface area contributed by atoms with E-state index in [4.69, 9.17) is 23.5 Å². The Morgan fingerprint density at radius 2 is 1.68 bits per heavy atom. The Balaban J connectivity index is 1.92. The van der Waals surface area contributed by atoms with Crippen LogP contribution in [0.25, 0.3) is 11.0 Å². The van der Waals surface area contributed by atoms with Crippen LogP contribution in [0.1, 0.15) is 64.1 Å². The zero-order chi connectivity index (χ0) is 32.8. The van der Waals surface area contributed by atoms with E-state index in [1.54, 1.807) is 59.5 Å². The van der Waals surface area contributed by atoms with E-state index in [-0.39, 0.29) is 24.7 Å². The van der Waals surface area contributed by atoms with Crippen molar-refractivity contribution in [3.63, 3.8) is 0 Å². The van der Waals surface area contributed by atoms with Gasteiger partial charge in [-0.1, -0.05) is 0 Å². The highest BCUT2D eigenvalue weighted by atomic mass is 32.2. The summed E-state index contributed by atoms with van der Waals surface area (Å²) in [6.45, 7) is 13.9. The summed E-state index contributed by atoms with van der Waals surface area (Å²) < 4.78 is 47.6. The van der Waals surface area contributed by atoms with Gasteiger partial charge < -0.3 is 14.2 Å². The molecule has 0 saturated carbocycles. The molecule has 2 amide bonds. The van der Waals surface area contributed by atoms with Crippen molar-refractivity contribution in [2.45, 2.75) is 90.7 Å². The monoisotopic (exact) mass is 650 g/mol. The number of imide groups is 1. The van der Waals surface area contributed by atoms with Crippen molar-refractivity contribution >= 4 is 51.0 Å². The van der Waals surface area contributed by atoms with Crippen LogP contribution in [0.3, 0.4) is 0 Å². The summed E-state index contributed by atoms with van der Waals surface area (Å²) in [4.78, 5) is 41.3. The maximum Gasteiger partial charge on any atom is 0.427 e. The summed E-state index contributed by atoms with van der Waals surface area (Å²) in [7, 11) is -2.19. The molecule has 1 aliphatic rings. The first kappa shape index (κ1) is 33.4. The molecule has 0 radical (unpaired) electrons. The fourth-order valence-electron chi connectivity index (χ4n) is 4.54. The Kier molecular flexibility index (Phi) is 9.20. The van der Waals surface area contributed by atoms with Crippen molar-refractivity contribution in [3.05, 3.63) is 28.7 Å². The van der Waals surface area contributed by atoms with Crippen LogP contribution >= 0.6 is 11.8 Å². The summed E-state index contributed by atoms with van der Waals surface area (Å²) in [5.74, 6) is 0.607. The number of hydrogen-bond donors (Lipinski definition) is 0. The summed E-state index contributed by atoms with van der Waals surface area (Å²) in [6.07, 6.45) is 0.0445. The van der Waals surface area contributed by atoms with Gasteiger partial charge in [0, 0.05) is 29.5 Å². The van der Waals surface area contributed by atoms with Crippen molar-refractivity contribution in [3.8, 4) is 5.75 Å². The molecule has 0 spiro atoms. The Morgan fingerprint density at radius 3 is 2.23 bits per heavy atom. The second kappa shape index (κ2) is 12.1. The lowest BCUT2D eigenvalue weighted by Gasteiger charge is -2.27. The van der Waals surface area contributed by atoms with Gasteiger partial charge in [0.1, 0.15) is 22.0 Å². The highest BCUT2D eigenvalue weighted by Crippen LogP contribution is 2.36. The molecule has 0 fully saturated rings. The van der Waals surface area contributed by atoms with Crippen molar-refractivity contribution in [2.24, 2.45) is 0 Å². The van der Waals surface area contributed by atoms with Crippen LogP contribution in [0.5, 0.6) is 5.75 Å². The molecule has 1 atom stereocenters. The molecule has 3 aromatic heterocycles.